The maximum absolute atomic E-state index is 11.9. The van der Waals surface area contributed by atoms with Crippen LogP contribution in [0.3, 0.4) is 0 Å². The Labute approximate surface area is 304 Å². The van der Waals surface area contributed by atoms with Crippen molar-refractivity contribution in [2.75, 3.05) is 4.90 Å². The van der Waals surface area contributed by atoms with Crippen LogP contribution in [0.4, 0.5) is 17.2 Å². The molecule has 51 heavy (non-hydrogen) atoms. The molecule has 0 saturated carbocycles. The number of aromatic hydroxyl groups is 1. The summed E-state index contributed by atoms with van der Waals surface area (Å²) in [5.74, 6) is 1.13. The molecule has 6 rings (SSSR count). The van der Waals surface area contributed by atoms with Crippen molar-refractivity contribution in [3.05, 3.63) is 155 Å². The van der Waals surface area contributed by atoms with Gasteiger partial charge in [-0.3, -0.25) is 4.90 Å². The smallest absolute Gasteiger partial charge is 0.137 e. The molecule has 260 valence electrons. The summed E-state index contributed by atoms with van der Waals surface area (Å²) in [6, 6.07) is 42.4. The van der Waals surface area contributed by atoms with Crippen molar-refractivity contribution in [2.24, 2.45) is 0 Å². The summed E-state index contributed by atoms with van der Waals surface area (Å²) in [5, 5.41) is 11.9. The lowest BCUT2D eigenvalue weighted by Crippen LogP contribution is -2.17. The summed E-state index contributed by atoms with van der Waals surface area (Å²) < 4.78 is 0. The van der Waals surface area contributed by atoms with Crippen LogP contribution in [-0.2, 0) is 22.7 Å². The summed E-state index contributed by atoms with van der Waals surface area (Å²) in [7, 11) is 0. The number of hydrogen-bond acceptors (Lipinski definition) is 4. The molecule has 0 aliphatic heterocycles. The number of nitrogens with zero attached hydrogens (tertiary/aromatic N) is 3. The quantitative estimate of drug-likeness (QED) is 0.183. The zero-order valence-electron chi connectivity index (χ0n) is 31.6. The van der Waals surface area contributed by atoms with E-state index in [4.69, 9.17) is 9.97 Å². The maximum atomic E-state index is 11.9. The van der Waals surface area contributed by atoms with Crippen LogP contribution in [0.2, 0.25) is 0 Å². The number of phenols is 1. The highest BCUT2D eigenvalue weighted by Crippen LogP contribution is 2.44. The van der Waals surface area contributed by atoms with Gasteiger partial charge in [0.2, 0.25) is 0 Å². The molecule has 1 N–H and O–H groups in total. The molecule has 4 heteroatoms. The highest BCUT2D eigenvalue weighted by atomic mass is 16.3. The fraction of sp³-hybridized carbons (Fsp3) is 0.277. The Hall–Kier alpha value is -5.22. The lowest BCUT2D eigenvalue weighted by molar-refractivity contribution is 0.446. The van der Waals surface area contributed by atoms with Gasteiger partial charge in [0, 0.05) is 34.3 Å². The standard InChI is InChI=1S/C47H51N3O/c1-45(2,3)35-28-39(44(51)40(29-35)47(7,8)9)42-31-36(46(4,5)6)30-41(49-42)34-25-33(24-32-18-12-10-13-19-32)26-38(27-34)50(37-20-14-11-15-21-37)43-22-16-17-23-48-43/h10-23,25-31,51H,24H2,1-9H3. The highest BCUT2D eigenvalue weighted by molar-refractivity contribution is 5.80. The van der Waals surface area contributed by atoms with Crippen LogP contribution in [0.5, 0.6) is 5.75 Å². The van der Waals surface area contributed by atoms with Gasteiger partial charge in [-0.2, -0.15) is 0 Å². The average Bonchev–Trinajstić information content (AvgIpc) is 3.08. The molecule has 0 spiro atoms. The minimum Gasteiger partial charge on any atom is -0.507 e. The number of phenolic OH excluding ortho intramolecular Hbond substituents is 1. The first-order valence-electron chi connectivity index (χ1n) is 17.9. The number of benzene rings is 4. The second kappa shape index (κ2) is 13.8. The molecule has 2 aromatic heterocycles. The number of hydrogen-bond donors (Lipinski definition) is 1. The van der Waals surface area contributed by atoms with Crippen LogP contribution < -0.4 is 4.90 Å². The van der Waals surface area contributed by atoms with E-state index in [1.54, 1.807) is 0 Å². The third kappa shape index (κ3) is 8.07. The Kier molecular flexibility index (Phi) is 9.65. The van der Waals surface area contributed by atoms with Crippen molar-refractivity contribution in [1.82, 2.24) is 9.97 Å². The van der Waals surface area contributed by atoms with Gasteiger partial charge in [-0.05, 0) is 106 Å². The van der Waals surface area contributed by atoms with E-state index in [9.17, 15) is 5.11 Å². The van der Waals surface area contributed by atoms with Gasteiger partial charge < -0.3 is 5.11 Å². The first kappa shape index (κ1) is 35.6. The Bertz CT molecular complexity index is 2080. The van der Waals surface area contributed by atoms with Gasteiger partial charge in [-0.1, -0.05) is 123 Å². The SMILES string of the molecule is CC(C)(C)c1cc(-c2cc(Cc3ccccc3)cc(N(c3ccccc3)c3ccccn3)c2)nc(-c2cc(C(C)(C)C)cc(C(C)(C)C)c2O)c1. The normalized spacial score (nSPS) is 12.2. The number of pyridine rings is 2. The molecule has 0 aliphatic carbocycles. The van der Waals surface area contributed by atoms with Crippen LogP contribution in [0.15, 0.2) is 128 Å². The van der Waals surface area contributed by atoms with Gasteiger partial charge in [0.15, 0.2) is 0 Å². The minimum absolute atomic E-state index is 0.111. The molecule has 0 unspecified atom stereocenters. The van der Waals surface area contributed by atoms with Crippen molar-refractivity contribution in [1.29, 1.82) is 0 Å². The summed E-state index contributed by atoms with van der Waals surface area (Å²) in [5.41, 5.74) is 10.6. The molecule has 6 aromatic rings. The minimum atomic E-state index is -0.252. The Balaban J connectivity index is 1.62. The number of anilines is 3. The van der Waals surface area contributed by atoms with Gasteiger partial charge in [-0.25, -0.2) is 9.97 Å². The van der Waals surface area contributed by atoms with Crippen molar-refractivity contribution < 1.29 is 5.11 Å². The third-order valence-corrected chi connectivity index (χ3v) is 9.43. The molecule has 0 atom stereocenters. The molecule has 0 radical (unpaired) electrons. The van der Waals surface area contributed by atoms with Crippen LogP contribution >= 0.6 is 0 Å². The molecule has 4 nitrogen and oxygen atoms in total. The molecule has 0 saturated heterocycles. The van der Waals surface area contributed by atoms with Gasteiger partial charge in [0.1, 0.15) is 11.6 Å². The van der Waals surface area contributed by atoms with Crippen LogP contribution in [-0.4, -0.2) is 15.1 Å². The topological polar surface area (TPSA) is 49.2 Å². The predicted molar refractivity (Wildman–Crippen MR) is 215 cm³/mol. The summed E-state index contributed by atoms with van der Waals surface area (Å²) in [4.78, 5) is 12.4. The second-order valence-electron chi connectivity index (χ2n) is 16.7. The van der Waals surface area contributed by atoms with Crippen LogP contribution in [0.25, 0.3) is 22.5 Å². The first-order valence-corrected chi connectivity index (χ1v) is 17.9. The van der Waals surface area contributed by atoms with E-state index >= 15 is 0 Å². The Morgan fingerprint density at radius 3 is 1.76 bits per heavy atom. The Morgan fingerprint density at radius 1 is 0.549 bits per heavy atom. The zero-order chi connectivity index (χ0) is 36.6. The van der Waals surface area contributed by atoms with E-state index in [0.717, 1.165) is 57.3 Å². The van der Waals surface area contributed by atoms with Crippen molar-refractivity contribution in [3.8, 4) is 28.3 Å². The lowest BCUT2D eigenvalue weighted by atomic mass is 9.78. The van der Waals surface area contributed by atoms with Crippen molar-refractivity contribution in [2.45, 2.75) is 85.0 Å². The van der Waals surface area contributed by atoms with E-state index in [2.05, 4.69) is 164 Å². The van der Waals surface area contributed by atoms with Gasteiger partial charge in [0.05, 0.1) is 11.4 Å². The van der Waals surface area contributed by atoms with E-state index in [-0.39, 0.29) is 16.2 Å². The molecule has 0 bridgehead atoms. The van der Waals surface area contributed by atoms with Crippen molar-refractivity contribution >= 4 is 17.2 Å². The van der Waals surface area contributed by atoms with E-state index in [0.29, 0.717) is 5.75 Å². The molecular formula is C47H51N3O. The average molecular weight is 674 g/mol. The third-order valence-electron chi connectivity index (χ3n) is 9.43. The molecular weight excluding hydrogens is 623 g/mol. The van der Waals surface area contributed by atoms with Gasteiger partial charge >= 0.3 is 0 Å². The Morgan fingerprint density at radius 2 is 1.16 bits per heavy atom. The number of para-hydroxylation sites is 1. The predicted octanol–water partition coefficient (Wildman–Crippen LogP) is 12.5. The largest absolute Gasteiger partial charge is 0.507 e. The monoisotopic (exact) mass is 673 g/mol. The summed E-state index contributed by atoms with van der Waals surface area (Å²) >= 11 is 0. The van der Waals surface area contributed by atoms with Crippen molar-refractivity contribution in [3.63, 3.8) is 0 Å². The molecule has 4 aromatic carbocycles. The maximum Gasteiger partial charge on any atom is 0.137 e. The van der Waals surface area contributed by atoms with Gasteiger partial charge in [-0.15, -0.1) is 0 Å². The fourth-order valence-corrected chi connectivity index (χ4v) is 6.45. The number of rotatable bonds is 7. The highest BCUT2D eigenvalue weighted by Gasteiger charge is 2.27. The first-order chi connectivity index (χ1) is 24.1. The van der Waals surface area contributed by atoms with E-state index < -0.39 is 0 Å². The van der Waals surface area contributed by atoms with Crippen LogP contribution in [0, 0.1) is 0 Å². The van der Waals surface area contributed by atoms with E-state index in [1.807, 2.05) is 30.5 Å². The molecule has 0 aliphatic rings. The number of aromatic nitrogens is 2. The van der Waals surface area contributed by atoms with E-state index in [1.165, 1.54) is 16.7 Å². The summed E-state index contributed by atoms with van der Waals surface area (Å²) in [6.07, 6.45) is 2.60. The molecule has 0 fully saturated rings. The van der Waals surface area contributed by atoms with Crippen LogP contribution in [0.1, 0.15) is 90.1 Å². The lowest BCUT2D eigenvalue weighted by Gasteiger charge is -2.28. The summed E-state index contributed by atoms with van der Waals surface area (Å²) in [6.45, 7) is 19.8. The second-order valence-corrected chi connectivity index (χ2v) is 16.7. The zero-order valence-corrected chi connectivity index (χ0v) is 31.6. The molecule has 0 amide bonds. The molecule has 2 heterocycles. The van der Waals surface area contributed by atoms with Gasteiger partial charge in [0.25, 0.3) is 0 Å². The fourth-order valence-electron chi connectivity index (χ4n) is 6.45.